The van der Waals surface area contributed by atoms with Crippen LogP contribution in [0.4, 0.5) is 0 Å². The molecule has 0 atom stereocenters. The van der Waals surface area contributed by atoms with Gasteiger partial charge in [0, 0.05) is 58.4 Å². The van der Waals surface area contributed by atoms with Gasteiger partial charge in [-0.25, -0.2) is 8.42 Å². The number of hydrogen-bond donors (Lipinski definition) is 0. The van der Waals surface area contributed by atoms with E-state index in [2.05, 4.69) is 4.90 Å². The van der Waals surface area contributed by atoms with E-state index in [0.717, 1.165) is 57.2 Å². The molecule has 0 saturated carbocycles. The highest BCUT2D eigenvalue weighted by Crippen LogP contribution is 2.21. The van der Waals surface area contributed by atoms with Gasteiger partial charge in [0.25, 0.3) is 0 Å². The summed E-state index contributed by atoms with van der Waals surface area (Å²) in [5.74, 6) is 0.130. The summed E-state index contributed by atoms with van der Waals surface area (Å²) in [5, 5.41) is 0. The molecule has 0 N–H and O–H groups in total. The van der Waals surface area contributed by atoms with Gasteiger partial charge in [-0.1, -0.05) is 25.0 Å². The second-order valence-corrected chi connectivity index (χ2v) is 11.3. The molecule has 1 aromatic carbocycles. The average molecular weight is 525 g/mol. The number of amides is 2. The van der Waals surface area contributed by atoms with E-state index in [-0.39, 0.29) is 24.2 Å². The third-order valence-electron chi connectivity index (χ3n) is 7.00. The molecule has 0 unspecified atom stereocenters. The highest BCUT2D eigenvalue weighted by atomic mass is 35.5. The summed E-state index contributed by atoms with van der Waals surface area (Å²) in [6.07, 6.45) is 9.44. The number of halogens is 1. The summed E-state index contributed by atoms with van der Waals surface area (Å²) in [5.41, 5.74) is 0.790. The Balaban J connectivity index is 0.00000342. The molecule has 0 spiro atoms. The third kappa shape index (κ3) is 7.29. The Morgan fingerprint density at radius 2 is 1.31 bits per heavy atom. The van der Waals surface area contributed by atoms with Crippen LogP contribution in [0.3, 0.4) is 0 Å². The Bertz CT molecular complexity index is 977. The SMILES string of the molecule is Cl.O=C(C=Cc1ccc(S(=O)(=O)N2CCCCCC2)cc1)N1CCN(CC(=O)N2CCCC2)CC1. The van der Waals surface area contributed by atoms with Crippen molar-refractivity contribution in [3.05, 3.63) is 35.9 Å². The first-order chi connectivity index (χ1) is 16.4. The van der Waals surface area contributed by atoms with Gasteiger partial charge in [0.2, 0.25) is 21.8 Å². The van der Waals surface area contributed by atoms with Crippen molar-refractivity contribution in [2.75, 3.05) is 58.9 Å². The van der Waals surface area contributed by atoms with Crippen LogP contribution in [0.2, 0.25) is 0 Å². The normalized spacial score (nSPS) is 20.6. The van der Waals surface area contributed by atoms with Crippen molar-refractivity contribution in [3.63, 3.8) is 0 Å². The number of likely N-dealkylation sites (tertiary alicyclic amines) is 1. The zero-order valence-corrected chi connectivity index (χ0v) is 21.9. The van der Waals surface area contributed by atoms with Gasteiger partial charge < -0.3 is 9.80 Å². The number of nitrogens with zero attached hydrogens (tertiary/aromatic N) is 4. The lowest BCUT2D eigenvalue weighted by molar-refractivity contribution is -0.132. The number of carbonyl (C=O) groups excluding carboxylic acids is 2. The minimum atomic E-state index is -3.47. The molecule has 3 aliphatic heterocycles. The molecule has 3 fully saturated rings. The Morgan fingerprint density at radius 1 is 0.743 bits per heavy atom. The van der Waals surface area contributed by atoms with E-state index in [9.17, 15) is 18.0 Å². The van der Waals surface area contributed by atoms with Crippen LogP contribution >= 0.6 is 12.4 Å². The van der Waals surface area contributed by atoms with Crippen LogP contribution in [0, 0.1) is 0 Å². The topological polar surface area (TPSA) is 81.2 Å². The molecule has 0 radical (unpaired) electrons. The standard InChI is InChI=1S/C25H36N4O4S.ClH/c30-24(28-19-17-26(18-20-28)21-25(31)27-13-5-6-14-27)12-9-22-7-10-23(11-8-22)34(32,33)29-15-3-1-2-4-16-29;/h7-12H,1-6,13-21H2;1H. The lowest BCUT2D eigenvalue weighted by atomic mass is 10.2. The van der Waals surface area contributed by atoms with E-state index in [4.69, 9.17) is 0 Å². The van der Waals surface area contributed by atoms with Crippen LogP contribution in [0.1, 0.15) is 44.1 Å². The van der Waals surface area contributed by atoms with Crippen LogP contribution in [-0.4, -0.2) is 98.1 Å². The number of sulfonamides is 1. The highest BCUT2D eigenvalue weighted by Gasteiger charge is 2.26. The second kappa shape index (κ2) is 12.9. The molecule has 10 heteroatoms. The van der Waals surface area contributed by atoms with Gasteiger partial charge in [0.1, 0.15) is 0 Å². The predicted octanol–water partition coefficient (Wildman–Crippen LogP) is 2.45. The van der Waals surface area contributed by atoms with Gasteiger partial charge in [0.05, 0.1) is 11.4 Å². The van der Waals surface area contributed by atoms with Crippen molar-refractivity contribution in [1.29, 1.82) is 0 Å². The summed E-state index contributed by atoms with van der Waals surface area (Å²) in [6, 6.07) is 6.74. The Hall–Kier alpha value is -1.94. The van der Waals surface area contributed by atoms with Crippen LogP contribution in [-0.2, 0) is 19.6 Å². The maximum atomic E-state index is 12.9. The smallest absolute Gasteiger partial charge is 0.246 e. The Morgan fingerprint density at radius 3 is 1.91 bits per heavy atom. The summed E-state index contributed by atoms with van der Waals surface area (Å²) >= 11 is 0. The van der Waals surface area contributed by atoms with Crippen molar-refractivity contribution in [1.82, 2.24) is 19.0 Å². The number of hydrogen-bond acceptors (Lipinski definition) is 5. The number of piperazine rings is 1. The first kappa shape index (κ1) is 27.6. The van der Waals surface area contributed by atoms with Crippen LogP contribution in [0.25, 0.3) is 6.08 Å². The fraction of sp³-hybridized carbons (Fsp3) is 0.600. The van der Waals surface area contributed by atoms with Crippen molar-refractivity contribution in [2.24, 2.45) is 0 Å². The fourth-order valence-corrected chi connectivity index (χ4v) is 6.36. The molecule has 3 aliphatic rings. The molecule has 35 heavy (non-hydrogen) atoms. The third-order valence-corrected chi connectivity index (χ3v) is 8.92. The molecule has 1 aromatic rings. The molecular formula is C25H37ClN4O4S. The zero-order valence-electron chi connectivity index (χ0n) is 20.3. The molecule has 0 aliphatic carbocycles. The van der Waals surface area contributed by atoms with Crippen LogP contribution in [0.15, 0.2) is 35.2 Å². The molecule has 3 heterocycles. The molecule has 2 amide bonds. The number of rotatable bonds is 6. The summed E-state index contributed by atoms with van der Waals surface area (Å²) in [4.78, 5) is 31.1. The van der Waals surface area contributed by atoms with E-state index >= 15 is 0 Å². The average Bonchev–Trinajstić information content (AvgIpc) is 3.25. The molecular weight excluding hydrogens is 488 g/mol. The van der Waals surface area contributed by atoms with E-state index in [1.807, 2.05) is 4.90 Å². The van der Waals surface area contributed by atoms with Gasteiger partial charge in [-0.3, -0.25) is 14.5 Å². The van der Waals surface area contributed by atoms with E-state index in [1.165, 1.54) is 0 Å². The Kier molecular flexibility index (Phi) is 10.1. The highest BCUT2D eigenvalue weighted by molar-refractivity contribution is 7.89. The van der Waals surface area contributed by atoms with Gasteiger partial charge in [-0.15, -0.1) is 12.4 Å². The van der Waals surface area contributed by atoms with Gasteiger partial charge in [0.15, 0.2) is 0 Å². The molecule has 3 saturated heterocycles. The van der Waals surface area contributed by atoms with Crippen LogP contribution in [0.5, 0.6) is 0 Å². The maximum Gasteiger partial charge on any atom is 0.246 e. The van der Waals surface area contributed by atoms with Gasteiger partial charge in [-0.2, -0.15) is 4.31 Å². The minimum Gasteiger partial charge on any atom is -0.342 e. The van der Waals surface area contributed by atoms with Crippen molar-refractivity contribution >= 4 is 40.3 Å². The van der Waals surface area contributed by atoms with Gasteiger partial charge in [-0.05, 0) is 49.5 Å². The second-order valence-electron chi connectivity index (χ2n) is 9.41. The van der Waals surface area contributed by atoms with Crippen molar-refractivity contribution < 1.29 is 18.0 Å². The van der Waals surface area contributed by atoms with Crippen molar-refractivity contribution in [2.45, 2.75) is 43.4 Å². The monoisotopic (exact) mass is 524 g/mol. The lowest BCUT2D eigenvalue weighted by Gasteiger charge is -2.34. The van der Waals surface area contributed by atoms with E-state index in [1.54, 1.807) is 45.6 Å². The lowest BCUT2D eigenvalue weighted by Crippen LogP contribution is -2.51. The largest absolute Gasteiger partial charge is 0.342 e. The van der Waals surface area contributed by atoms with Crippen LogP contribution < -0.4 is 0 Å². The minimum absolute atomic E-state index is 0. The quantitative estimate of drug-likeness (QED) is 0.534. The number of carbonyl (C=O) groups is 2. The van der Waals surface area contributed by atoms with Crippen molar-refractivity contribution in [3.8, 4) is 0 Å². The van der Waals surface area contributed by atoms with E-state index in [0.29, 0.717) is 50.7 Å². The molecule has 194 valence electrons. The molecule has 0 aromatic heterocycles. The molecule has 0 bridgehead atoms. The zero-order chi connectivity index (χ0) is 24.0. The summed E-state index contributed by atoms with van der Waals surface area (Å²) < 4.78 is 27.4. The first-order valence-electron chi connectivity index (χ1n) is 12.5. The summed E-state index contributed by atoms with van der Waals surface area (Å²) in [6.45, 7) is 5.93. The summed E-state index contributed by atoms with van der Waals surface area (Å²) in [7, 11) is -3.47. The molecule has 8 nitrogen and oxygen atoms in total. The maximum absolute atomic E-state index is 12.9. The number of benzene rings is 1. The van der Waals surface area contributed by atoms with E-state index < -0.39 is 10.0 Å². The fourth-order valence-electron chi connectivity index (χ4n) is 4.84. The predicted molar refractivity (Wildman–Crippen MR) is 139 cm³/mol. The molecule has 4 rings (SSSR count). The van der Waals surface area contributed by atoms with Gasteiger partial charge >= 0.3 is 0 Å². The first-order valence-corrected chi connectivity index (χ1v) is 13.9. The Labute approximate surface area is 215 Å².